The molecule has 5 heteroatoms. The lowest BCUT2D eigenvalue weighted by atomic mass is 10.1. The Morgan fingerprint density at radius 3 is 2.68 bits per heavy atom. The number of aromatic nitrogens is 1. The molecule has 1 saturated heterocycles. The molecule has 1 aromatic rings. The van der Waals surface area contributed by atoms with Crippen molar-refractivity contribution in [1.29, 1.82) is 0 Å². The molecule has 0 radical (unpaired) electrons. The SMILES string of the molecule is C[C@@H](CN1CCCCC1)NNC(=O)c1ccncc1. The third-order valence-electron chi connectivity index (χ3n) is 3.36. The minimum atomic E-state index is -0.118. The van der Waals surface area contributed by atoms with Gasteiger partial charge in [0, 0.05) is 30.5 Å². The van der Waals surface area contributed by atoms with Crippen LogP contribution < -0.4 is 10.9 Å². The summed E-state index contributed by atoms with van der Waals surface area (Å²) in [5, 5.41) is 0. The molecule has 104 valence electrons. The second kappa shape index (κ2) is 7.21. The topological polar surface area (TPSA) is 57.3 Å². The second-order valence-electron chi connectivity index (χ2n) is 5.10. The van der Waals surface area contributed by atoms with Crippen molar-refractivity contribution in [3.63, 3.8) is 0 Å². The molecule has 1 amide bonds. The molecule has 0 unspecified atom stereocenters. The van der Waals surface area contributed by atoms with Crippen molar-refractivity contribution < 1.29 is 4.79 Å². The molecule has 0 bridgehead atoms. The predicted octanol–water partition coefficient (Wildman–Crippen LogP) is 1.19. The Balaban J connectivity index is 1.71. The molecule has 19 heavy (non-hydrogen) atoms. The van der Waals surface area contributed by atoms with Gasteiger partial charge in [0.1, 0.15) is 0 Å². The van der Waals surface area contributed by atoms with Gasteiger partial charge in [-0.15, -0.1) is 0 Å². The minimum Gasteiger partial charge on any atom is -0.302 e. The summed E-state index contributed by atoms with van der Waals surface area (Å²) in [5.41, 5.74) is 6.43. The van der Waals surface area contributed by atoms with Crippen LogP contribution in [0.25, 0.3) is 0 Å². The van der Waals surface area contributed by atoms with E-state index in [1.165, 1.54) is 32.4 Å². The zero-order chi connectivity index (χ0) is 13.5. The Kier molecular flexibility index (Phi) is 5.30. The van der Waals surface area contributed by atoms with Crippen molar-refractivity contribution in [2.75, 3.05) is 19.6 Å². The first-order valence-electron chi connectivity index (χ1n) is 6.94. The maximum Gasteiger partial charge on any atom is 0.265 e. The van der Waals surface area contributed by atoms with Crippen LogP contribution in [0.4, 0.5) is 0 Å². The van der Waals surface area contributed by atoms with Gasteiger partial charge in [0.25, 0.3) is 5.91 Å². The highest BCUT2D eigenvalue weighted by Crippen LogP contribution is 2.08. The van der Waals surface area contributed by atoms with Crippen LogP contribution in [0.5, 0.6) is 0 Å². The Hall–Kier alpha value is -1.46. The van der Waals surface area contributed by atoms with E-state index in [2.05, 4.69) is 27.7 Å². The van der Waals surface area contributed by atoms with Crippen molar-refractivity contribution in [2.24, 2.45) is 0 Å². The number of likely N-dealkylation sites (tertiary alicyclic amines) is 1. The van der Waals surface area contributed by atoms with E-state index in [1.54, 1.807) is 24.5 Å². The molecular formula is C14H22N4O. The largest absolute Gasteiger partial charge is 0.302 e. The molecule has 0 aliphatic carbocycles. The van der Waals surface area contributed by atoms with Crippen LogP contribution in [-0.4, -0.2) is 41.5 Å². The van der Waals surface area contributed by atoms with Gasteiger partial charge in [-0.3, -0.25) is 15.2 Å². The molecule has 1 aliphatic rings. The lowest BCUT2D eigenvalue weighted by Gasteiger charge is -2.29. The standard InChI is InChI=1S/C14H22N4O/c1-12(11-18-9-3-2-4-10-18)16-17-14(19)13-5-7-15-8-6-13/h5-8,12,16H,2-4,9-11H2,1H3,(H,17,19)/t12-/m0/s1. The van der Waals surface area contributed by atoms with Gasteiger partial charge in [0.2, 0.25) is 0 Å². The number of hydrazine groups is 1. The van der Waals surface area contributed by atoms with Crippen LogP contribution >= 0.6 is 0 Å². The van der Waals surface area contributed by atoms with Crippen LogP contribution in [0.2, 0.25) is 0 Å². The van der Waals surface area contributed by atoms with Crippen molar-refractivity contribution >= 4 is 5.91 Å². The van der Waals surface area contributed by atoms with Gasteiger partial charge in [-0.25, -0.2) is 5.43 Å². The van der Waals surface area contributed by atoms with Gasteiger partial charge < -0.3 is 4.90 Å². The van der Waals surface area contributed by atoms with Crippen molar-refractivity contribution in [2.45, 2.75) is 32.2 Å². The Morgan fingerprint density at radius 2 is 2.00 bits per heavy atom. The quantitative estimate of drug-likeness (QED) is 0.783. The number of hydrogen-bond donors (Lipinski definition) is 2. The first kappa shape index (κ1) is 14.0. The van der Waals surface area contributed by atoms with E-state index >= 15 is 0 Å². The Morgan fingerprint density at radius 1 is 1.32 bits per heavy atom. The van der Waals surface area contributed by atoms with Crippen molar-refractivity contribution in [3.8, 4) is 0 Å². The number of hydrogen-bond acceptors (Lipinski definition) is 4. The zero-order valence-electron chi connectivity index (χ0n) is 11.4. The summed E-state index contributed by atoms with van der Waals surface area (Å²) in [6.45, 7) is 5.40. The molecule has 2 rings (SSSR count). The van der Waals surface area contributed by atoms with E-state index in [4.69, 9.17) is 0 Å². The van der Waals surface area contributed by atoms with Crippen LogP contribution in [0.3, 0.4) is 0 Å². The molecule has 2 heterocycles. The average molecular weight is 262 g/mol. The number of nitrogens with one attached hydrogen (secondary N) is 2. The highest BCUT2D eigenvalue weighted by molar-refractivity contribution is 5.93. The molecular weight excluding hydrogens is 240 g/mol. The molecule has 1 aliphatic heterocycles. The normalized spacial score (nSPS) is 17.9. The number of pyridine rings is 1. The Labute approximate surface area is 114 Å². The first-order valence-corrected chi connectivity index (χ1v) is 6.94. The molecule has 1 fully saturated rings. The zero-order valence-corrected chi connectivity index (χ0v) is 11.4. The van der Waals surface area contributed by atoms with Crippen LogP contribution in [-0.2, 0) is 0 Å². The van der Waals surface area contributed by atoms with E-state index in [0.717, 1.165) is 6.54 Å². The highest BCUT2D eigenvalue weighted by atomic mass is 16.2. The predicted molar refractivity (Wildman–Crippen MR) is 74.6 cm³/mol. The second-order valence-corrected chi connectivity index (χ2v) is 5.10. The fourth-order valence-corrected chi connectivity index (χ4v) is 2.34. The summed E-state index contributed by atoms with van der Waals surface area (Å²) in [6.07, 6.45) is 7.15. The summed E-state index contributed by atoms with van der Waals surface area (Å²) in [6, 6.07) is 3.64. The number of carbonyl (C=O) groups excluding carboxylic acids is 1. The third kappa shape index (κ3) is 4.61. The minimum absolute atomic E-state index is 0.118. The van der Waals surface area contributed by atoms with Gasteiger partial charge in [-0.1, -0.05) is 6.42 Å². The fourth-order valence-electron chi connectivity index (χ4n) is 2.34. The average Bonchev–Trinajstić information content (AvgIpc) is 2.47. The summed E-state index contributed by atoms with van der Waals surface area (Å²) in [5.74, 6) is -0.118. The monoisotopic (exact) mass is 262 g/mol. The molecule has 1 atom stereocenters. The van der Waals surface area contributed by atoms with Crippen LogP contribution in [0, 0.1) is 0 Å². The van der Waals surface area contributed by atoms with Crippen molar-refractivity contribution in [1.82, 2.24) is 20.7 Å². The maximum atomic E-state index is 11.8. The van der Waals surface area contributed by atoms with Gasteiger partial charge in [-0.05, 0) is 45.0 Å². The molecule has 0 saturated carbocycles. The number of amides is 1. The van der Waals surface area contributed by atoms with Gasteiger partial charge >= 0.3 is 0 Å². The molecule has 0 spiro atoms. The van der Waals surface area contributed by atoms with Gasteiger partial charge in [0.15, 0.2) is 0 Å². The third-order valence-corrected chi connectivity index (χ3v) is 3.36. The first-order chi connectivity index (χ1) is 9.25. The molecule has 1 aromatic heterocycles. The van der Waals surface area contributed by atoms with E-state index in [-0.39, 0.29) is 11.9 Å². The summed E-state index contributed by atoms with van der Waals surface area (Å²) < 4.78 is 0. The number of carbonyl (C=O) groups is 1. The molecule has 5 nitrogen and oxygen atoms in total. The fraction of sp³-hybridized carbons (Fsp3) is 0.571. The molecule has 2 N–H and O–H groups in total. The summed E-state index contributed by atoms with van der Waals surface area (Å²) in [4.78, 5) is 18.2. The van der Waals surface area contributed by atoms with Gasteiger partial charge in [-0.2, -0.15) is 0 Å². The number of nitrogens with zero attached hydrogens (tertiary/aromatic N) is 2. The maximum absolute atomic E-state index is 11.8. The molecule has 0 aromatic carbocycles. The van der Waals surface area contributed by atoms with E-state index in [0.29, 0.717) is 5.56 Å². The highest BCUT2D eigenvalue weighted by Gasteiger charge is 2.13. The van der Waals surface area contributed by atoms with E-state index in [1.807, 2.05) is 0 Å². The van der Waals surface area contributed by atoms with E-state index < -0.39 is 0 Å². The lowest BCUT2D eigenvalue weighted by molar-refractivity contribution is 0.0918. The smallest absolute Gasteiger partial charge is 0.265 e. The van der Waals surface area contributed by atoms with Crippen LogP contribution in [0.15, 0.2) is 24.5 Å². The van der Waals surface area contributed by atoms with Crippen molar-refractivity contribution in [3.05, 3.63) is 30.1 Å². The summed E-state index contributed by atoms with van der Waals surface area (Å²) in [7, 11) is 0. The number of rotatable bonds is 5. The lowest BCUT2D eigenvalue weighted by Crippen LogP contribution is -2.48. The van der Waals surface area contributed by atoms with E-state index in [9.17, 15) is 4.79 Å². The van der Waals surface area contributed by atoms with Gasteiger partial charge in [0.05, 0.1) is 0 Å². The Bertz CT molecular complexity index is 390. The van der Waals surface area contributed by atoms with Crippen LogP contribution in [0.1, 0.15) is 36.5 Å². The number of piperidine rings is 1. The summed E-state index contributed by atoms with van der Waals surface area (Å²) >= 11 is 0.